The zero-order chi connectivity index (χ0) is 22.4. The van der Waals surface area contributed by atoms with Crippen molar-refractivity contribution >= 4 is 5.71 Å². The average molecular weight is 438 g/mol. The molecule has 0 bridgehead atoms. The van der Waals surface area contributed by atoms with Gasteiger partial charge in [0.2, 0.25) is 5.72 Å². The first-order valence-electron chi connectivity index (χ1n) is 12.1. The van der Waals surface area contributed by atoms with E-state index in [1.54, 1.807) is 0 Å². The lowest BCUT2D eigenvalue weighted by molar-refractivity contribution is -0.150. The maximum absolute atomic E-state index is 6.82. The highest BCUT2D eigenvalue weighted by molar-refractivity contribution is 6.02. The zero-order valence-corrected chi connectivity index (χ0v) is 19.5. The van der Waals surface area contributed by atoms with Gasteiger partial charge in [0.25, 0.3) is 0 Å². The van der Waals surface area contributed by atoms with Crippen molar-refractivity contribution in [2.45, 2.75) is 51.4 Å². The summed E-state index contributed by atoms with van der Waals surface area (Å²) in [5, 5.41) is 7.55. The van der Waals surface area contributed by atoms with Crippen LogP contribution in [0.15, 0.2) is 77.9 Å². The topological polar surface area (TPSA) is 28.1 Å². The molecule has 3 aromatic carbocycles. The van der Waals surface area contributed by atoms with Gasteiger partial charge in [-0.3, -0.25) is 4.90 Å². The first kappa shape index (κ1) is 20.5. The van der Waals surface area contributed by atoms with Crippen LogP contribution in [-0.2, 0) is 6.54 Å². The van der Waals surface area contributed by atoms with E-state index in [0.717, 1.165) is 44.6 Å². The molecule has 0 saturated carbocycles. The van der Waals surface area contributed by atoms with E-state index in [9.17, 15) is 0 Å². The number of piperidine rings is 1. The number of fused-ring (bicyclic) bond motifs is 4. The number of benzene rings is 3. The van der Waals surface area contributed by atoms with Gasteiger partial charge in [-0.1, -0.05) is 77.9 Å². The molecule has 3 heterocycles. The van der Waals surface area contributed by atoms with Crippen LogP contribution in [0.25, 0.3) is 0 Å². The van der Waals surface area contributed by atoms with Crippen LogP contribution in [0, 0.1) is 13.8 Å². The molecule has 4 nitrogen and oxygen atoms in total. The number of likely N-dealkylation sites (tertiary alicyclic amines) is 1. The van der Waals surface area contributed by atoms with Gasteiger partial charge in [-0.2, -0.15) is 5.10 Å². The average Bonchev–Trinajstić information content (AvgIpc) is 3.29. The van der Waals surface area contributed by atoms with Crippen molar-refractivity contribution in [1.82, 2.24) is 9.91 Å². The molecule has 3 aliphatic rings. The third-order valence-electron chi connectivity index (χ3n) is 7.42. The van der Waals surface area contributed by atoms with Crippen molar-refractivity contribution in [2.75, 3.05) is 13.1 Å². The van der Waals surface area contributed by atoms with Crippen molar-refractivity contribution in [3.63, 3.8) is 0 Å². The van der Waals surface area contributed by atoms with Crippen molar-refractivity contribution in [1.29, 1.82) is 0 Å². The van der Waals surface area contributed by atoms with E-state index in [2.05, 4.69) is 96.6 Å². The summed E-state index contributed by atoms with van der Waals surface area (Å²) in [5.74, 6) is 1.04. The predicted molar refractivity (Wildman–Crippen MR) is 132 cm³/mol. The van der Waals surface area contributed by atoms with Crippen LogP contribution in [0.1, 0.15) is 53.1 Å². The third kappa shape index (κ3) is 3.72. The van der Waals surface area contributed by atoms with Crippen LogP contribution < -0.4 is 4.74 Å². The summed E-state index contributed by atoms with van der Waals surface area (Å²) in [6.07, 6.45) is 2.83. The maximum Gasteiger partial charge on any atom is 0.200 e. The van der Waals surface area contributed by atoms with Gasteiger partial charge in [-0.05, 0) is 31.0 Å². The van der Waals surface area contributed by atoms with Crippen molar-refractivity contribution in [3.05, 3.63) is 101 Å². The lowest BCUT2D eigenvalue weighted by atomic mass is 9.90. The number of rotatable bonds is 3. The molecule has 0 aromatic heterocycles. The summed E-state index contributed by atoms with van der Waals surface area (Å²) in [5.41, 5.74) is 7.23. The Morgan fingerprint density at radius 3 is 2.39 bits per heavy atom. The van der Waals surface area contributed by atoms with E-state index in [0.29, 0.717) is 0 Å². The Balaban J connectivity index is 1.31. The Kier molecular flexibility index (Phi) is 4.99. The molecule has 0 amide bonds. The molecule has 4 heteroatoms. The Morgan fingerprint density at radius 1 is 0.909 bits per heavy atom. The summed E-state index contributed by atoms with van der Waals surface area (Å²) in [6, 6.07) is 26.4. The minimum Gasteiger partial charge on any atom is -0.466 e. The molecule has 0 radical (unpaired) electrons. The predicted octanol–water partition coefficient (Wildman–Crippen LogP) is 5.84. The molecule has 3 aromatic rings. The quantitative estimate of drug-likeness (QED) is 0.515. The van der Waals surface area contributed by atoms with Gasteiger partial charge in [0.1, 0.15) is 5.75 Å². The van der Waals surface area contributed by atoms with Crippen LogP contribution in [0.2, 0.25) is 0 Å². The highest BCUT2D eigenvalue weighted by Gasteiger charge is 2.51. The van der Waals surface area contributed by atoms with Crippen molar-refractivity contribution in [3.8, 4) is 5.75 Å². The Morgan fingerprint density at radius 2 is 1.64 bits per heavy atom. The second-order valence-corrected chi connectivity index (χ2v) is 9.83. The van der Waals surface area contributed by atoms with E-state index in [1.165, 1.54) is 33.5 Å². The largest absolute Gasteiger partial charge is 0.466 e. The van der Waals surface area contributed by atoms with E-state index >= 15 is 0 Å². The van der Waals surface area contributed by atoms with Gasteiger partial charge in [0.15, 0.2) is 0 Å². The van der Waals surface area contributed by atoms with Gasteiger partial charge in [0, 0.05) is 44.5 Å². The summed E-state index contributed by atoms with van der Waals surface area (Å²) in [6.45, 7) is 7.31. The fourth-order valence-electron chi connectivity index (χ4n) is 5.55. The molecule has 1 fully saturated rings. The van der Waals surface area contributed by atoms with Crippen molar-refractivity contribution in [2.24, 2.45) is 5.10 Å². The second kappa shape index (κ2) is 8.03. The van der Waals surface area contributed by atoms with Gasteiger partial charge in [-0.15, -0.1) is 0 Å². The number of ether oxygens (including phenoxy) is 1. The first-order chi connectivity index (χ1) is 16.1. The summed E-state index contributed by atoms with van der Waals surface area (Å²) in [7, 11) is 0. The summed E-state index contributed by atoms with van der Waals surface area (Å²) in [4.78, 5) is 2.55. The number of hydrazone groups is 1. The number of nitrogens with zero attached hydrogens (tertiary/aromatic N) is 3. The van der Waals surface area contributed by atoms with E-state index in [4.69, 9.17) is 9.84 Å². The number of hydrogen-bond acceptors (Lipinski definition) is 4. The van der Waals surface area contributed by atoms with Gasteiger partial charge < -0.3 is 4.74 Å². The van der Waals surface area contributed by atoms with Crippen LogP contribution in [0.4, 0.5) is 0 Å². The Bertz CT molecular complexity index is 1180. The first-order valence-corrected chi connectivity index (χ1v) is 12.1. The van der Waals surface area contributed by atoms with E-state index in [-0.39, 0.29) is 11.8 Å². The third-order valence-corrected chi connectivity index (χ3v) is 7.42. The fourth-order valence-corrected chi connectivity index (χ4v) is 5.55. The second-order valence-electron chi connectivity index (χ2n) is 9.83. The number of hydrogen-bond donors (Lipinski definition) is 0. The SMILES string of the molecule is Cc1ccc(C2=NN3[C@@H](C2)c2cc(C)ccc2OC32CCN(Cc3ccccc3)CC2)cc1. The molecule has 33 heavy (non-hydrogen) atoms. The molecule has 1 atom stereocenters. The maximum atomic E-state index is 6.82. The highest BCUT2D eigenvalue weighted by atomic mass is 16.5. The standard InChI is InChI=1S/C29H31N3O/c1-21-8-11-24(12-9-21)26-19-27-25-18-22(2)10-13-28(25)33-29(32(27)30-26)14-16-31(17-15-29)20-23-6-4-3-5-7-23/h3-13,18,27H,14-17,19-20H2,1-2H3/t27-/m0/s1. The van der Waals surface area contributed by atoms with Gasteiger partial charge in [-0.25, -0.2) is 5.01 Å². The van der Waals surface area contributed by atoms with Gasteiger partial charge >= 0.3 is 0 Å². The molecular weight excluding hydrogens is 406 g/mol. The lowest BCUT2D eigenvalue weighted by Crippen LogP contribution is -2.59. The normalized spacial score (nSPS) is 21.3. The molecule has 0 unspecified atom stereocenters. The van der Waals surface area contributed by atoms with Crippen LogP contribution in [-0.4, -0.2) is 34.4 Å². The summed E-state index contributed by atoms with van der Waals surface area (Å²) < 4.78 is 6.82. The molecule has 6 rings (SSSR count). The Hall–Kier alpha value is -3.11. The molecule has 168 valence electrons. The van der Waals surface area contributed by atoms with Crippen molar-refractivity contribution < 1.29 is 4.74 Å². The number of aryl methyl sites for hydroxylation is 2. The molecule has 1 saturated heterocycles. The minimum absolute atomic E-state index is 0.241. The monoisotopic (exact) mass is 437 g/mol. The molecule has 3 aliphatic heterocycles. The fraction of sp³-hybridized carbons (Fsp3) is 0.345. The molecule has 0 aliphatic carbocycles. The molecule has 0 N–H and O–H groups in total. The van der Waals surface area contributed by atoms with E-state index < -0.39 is 0 Å². The van der Waals surface area contributed by atoms with E-state index in [1.807, 2.05) is 0 Å². The van der Waals surface area contributed by atoms with Crippen LogP contribution in [0.3, 0.4) is 0 Å². The summed E-state index contributed by atoms with van der Waals surface area (Å²) >= 11 is 0. The Labute approximate surface area is 196 Å². The van der Waals surface area contributed by atoms with Crippen LogP contribution >= 0.6 is 0 Å². The highest BCUT2D eigenvalue weighted by Crippen LogP contribution is 2.50. The zero-order valence-electron chi connectivity index (χ0n) is 19.5. The lowest BCUT2D eigenvalue weighted by Gasteiger charge is -2.51. The minimum atomic E-state index is -0.368. The smallest absolute Gasteiger partial charge is 0.200 e. The molecular formula is C29H31N3O. The van der Waals surface area contributed by atoms with Gasteiger partial charge in [0.05, 0.1) is 11.8 Å². The molecule has 1 spiro atoms. The van der Waals surface area contributed by atoms with Crippen LogP contribution in [0.5, 0.6) is 5.75 Å².